The number of primary amides is 1. The molecular formula is C26H38N2O6. The van der Waals surface area contributed by atoms with Crippen LogP contribution in [0.4, 0.5) is 0 Å². The van der Waals surface area contributed by atoms with E-state index in [-0.39, 0.29) is 23.8 Å². The van der Waals surface area contributed by atoms with Crippen LogP contribution in [-0.4, -0.2) is 51.1 Å². The average molecular weight is 475 g/mol. The molecule has 4 N–H and O–H groups in total. The van der Waals surface area contributed by atoms with Crippen LogP contribution in [0.15, 0.2) is 36.5 Å². The number of nitrogens with zero attached hydrogens (tertiary/aromatic N) is 1. The summed E-state index contributed by atoms with van der Waals surface area (Å²) in [4.78, 5) is 37.6. The van der Waals surface area contributed by atoms with Crippen molar-refractivity contribution >= 4 is 17.8 Å². The maximum atomic E-state index is 12.5. The topological polar surface area (TPSA) is 130 Å². The SMILES string of the molecule is CCCCCCC(CCCCCC(O)C(=O)N1C=CCC1C(N)=O)OC(=O)c1ccccc1O. The largest absolute Gasteiger partial charge is 0.507 e. The molecule has 188 valence electrons. The molecule has 2 amide bonds. The first-order valence-corrected chi connectivity index (χ1v) is 12.3. The minimum Gasteiger partial charge on any atom is -0.507 e. The molecule has 1 aromatic rings. The van der Waals surface area contributed by atoms with Gasteiger partial charge in [0.1, 0.15) is 29.6 Å². The van der Waals surface area contributed by atoms with E-state index in [9.17, 15) is 24.6 Å². The summed E-state index contributed by atoms with van der Waals surface area (Å²) < 4.78 is 5.70. The molecule has 0 radical (unpaired) electrons. The number of hydrogen-bond donors (Lipinski definition) is 3. The number of hydrogen-bond acceptors (Lipinski definition) is 6. The molecule has 3 atom stereocenters. The van der Waals surface area contributed by atoms with Gasteiger partial charge in [-0.05, 0) is 50.7 Å². The van der Waals surface area contributed by atoms with Crippen molar-refractivity contribution < 1.29 is 29.3 Å². The number of rotatable bonds is 15. The van der Waals surface area contributed by atoms with Crippen molar-refractivity contribution in [3.05, 3.63) is 42.1 Å². The number of amides is 2. The molecule has 0 fully saturated rings. The van der Waals surface area contributed by atoms with Crippen LogP contribution >= 0.6 is 0 Å². The Morgan fingerprint density at radius 3 is 2.35 bits per heavy atom. The summed E-state index contributed by atoms with van der Waals surface area (Å²) in [5, 5.41) is 20.2. The molecule has 0 spiro atoms. The average Bonchev–Trinajstić information content (AvgIpc) is 3.31. The number of carbonyl (C=O) groups is 3. The predicted molar refractivity (Wildman–Crippen MR) is 129 cm³/mol. The lowest BCUT2D eigenvalue weighted by molar-refractivity contribution is -0.142. The fraction of sp³-hybridized carbons (Fsp3) is 0.577. The van der Waals surface area contributed by atoms with Gasteiger partial charge in [-0.2, -0.15) is 0 Å². The van der Waals surface area contributed by atoms with Gasteiger partial charge in [0.25, 0.3) is 5.91 Å². The second-order valence-electron chi connectivity index (χ2n) is 8.83. The van der Waals surface area contributed by atoms with Gasteiger partial charge in [-0.15, -0.1) is 0 Å². The van der Waals surface area contributed by atoms with Crippen LogP contribution in [-0.2, 0) is 14.3 Å². The molecule has 2 rings (SSSR count). The second-order valence-corrected chi connectivity index (χ2v) is 8.83. The van der Waals surface area contributed by atoms with Crippen molar-refractivity contribution in [3.8, 4) is 5.75 Å². The Balaban J connectivity index is 1.78. The highest BCUT2D eigenvalue weighted by molar-refractivity contribution is 5.92. The Bertz CT molecular complexity index is 840. The van der Waals surface area contributed by atoms with Crippen molar-refractivity contribution in [2.24, 2.45) is 5.73 Å². The summed E-state index contributed by atoms with van der Waals surface area (Å²) in [5.74, 6) is -1.72. The molecule has 3 unspecified atom stereocenters. The summed E-state index contributed by atoms with van der Waals surface area (Å²) in [7, 11) is 0. The van der Waals surface area contributed by atoms with Crippen molar-refractivity contribution in [3.63, 3.8) is 0 Å². The van der Waals surface area contributed by atoms with Gasteiger partial charge in [-0.3, -0.25) is 9.59 Å². The lowest BCUT2D eigenvalue weighted by Gasteiger charge is -2.23. The number of esters is 1. The summed E-state index contributed by atoms with van der Waals surface area (Å²) in [6, 6.07) is 5.62. The van der Waals surface area contributed by atoms with Gasteiger partial charge in [0.15, 0.2) is 0 Å². The van der Waals surface area contributed by atoms with E-state index in [2.05, 4.69) is 6.92 Å². The molecule has 1 aliphatic rings. The van der Waals surface area contributed by atoms with E-state index < -0.39 is 29.9 Å². The molecule has 1 aliphatic heterocycles. The van der Waals surface area contributed by atoms with Crippen LogP contribution in [0, 0.1) is 0 Å². The van der Waals surface area contributed by atoms with Gasteiger partial charge in [0.2, 0.25) is 5.91 Å². The fourth-order valence-electron chi connectivity index (χ4n) is 4.11. The van der Waals surface area contributed by atoms with Crippen LogP contribution in [0.2, 0.25) is 0 Å². The van der Waals surface area contributed by atoms with E-state index in [0.29, 0.717) is 19.3 Å². The molecule has 8 nitrogen and oxygen atoms in total. The van der Waals surface area contributed by atoms with Crippen molar-refractivity contribution in [2.75, 3.05) is 0 Å². The smallest absolute Gasteiger partial charge is 0.342 e. The number of phenols is 1. The third kappa shape index (κ3) is 8.48. The number of aromatic hydroxyl groups is 1. The van der Waals surface area contributed by atoms with Gasteiger partial charge in [-0.1, -0.05) is 57.2 Å². The van der Waals surface area contributed by atoms with Gasteiger partial charge in [0.05, 0.1) is 0 Å². The van der Waals surface area contributed by atoms with Crippen LogP contribution in [0.25, 0.3) is 0 Å². The molecular weight excluding hydrogens is 436 g/mol. The molecule has 0 aliphatic carbocycles. The molecule has 8 heteroatoms. The quantitative estimate of drug-likeness (QED) is 0.262. The fourth-order valence-corrected chi connectivity index (χ4v) is 4.11. The highest BCUT2D eigenvalue weighted by Gasteiger charge is 2.32. The maximum Gasteiger partial charge on any atom is 0.342 e. The summed E-state index contributed by atoms with van der Waals surface area (Å²) in [6.45, 7) is 2.14. The lowest BCUT2D eigenvalue weighted by atomic mass is 10.0. The number of ether oxygens (including phenoxy) is 1. The van der Waals surface area contributed by atoms with Gasteiger partial charge in [-0.25, -0.2) is 4.79 Å². The van der Waals surface area contributed by atoms with Crippen LogP contribution < -0.4 is 5.73 Å². The molecule has 0 saturated carbocycles. The number of nitrogens with two attached hydrogens (primary N) is 1. The third-order valence-corrected chi connectivity index (χ3v) is 6.11. The Labute approximate surface area is 201 Å². The minimum atomic E-state index is -1.19. The van der Waals surface area contributed by atoms with Gasteiger partial charge in [0, 0.05) is 6.20 Å². The first kappa shape index (κ1) is 27.4. The standard InChI is InChI=1S/C26H38N2O6/c1-2-3-4-6-12-19(34-26(33)20-14-9-10-16-22(20)29)13-7-5-8-17-23(30)25(32)28-18-11-15-21(28)24(27)31/h9-11,14,16,18-19,21,23,29-30H,2-8,12-13,15,17H2,1H3,(H2,27,31). The van der Waals surface area contributed by atoms with Crippen LogP contribution in [0.5, 0.6) is 5.75 Å². The number of unbranched alkanes of at least 4 members (excludes halogenated alkanes) is 5. The molecule has 0 bridgehead atoms. The van der Waals surface area contributed by atoms with E-state index >= 15 is 0 Å². The molecule has 1 heterocycles. The monoisotopic (exact) mass is 474 g/mol. The second kappa shape index (κ2) is 14.4. The zero-order valence-electron chi connectivity index (χ0n) is 20.0. The van der Waals surface area contributed by atoms with Crippen molar-refractivity contribution in [2.45, 2.75) is 95.8 Å². The Morgan fingerprint density at radius 1 is 1.06 bits per heavy atom. The van der Waals surface area contributed by atoms with Crippen molar-refractivity contribution in [1.82, 2.24) is 4.90 Å². The number of aliphatic hydroxyl groups excluding tert-OH is 1. The first-order valence-electron chi connectivity index (χ1n) is 12.3. The minimum absolute atomic E-state index is 0.0951. The Kier molecular flexibility index (Phi) is 11.6. The van der Waals surface area contributed by atoms with Crippen LogP contribution in [0.3, 0.4) is 0 Å². The Hall–Kier alpha value is -2.87. The predicted octanol–water partition coefficient (Wildman–Crippen LogP) is 3.80. The van der Waals surface area contributed by atoms with E-state index in [4.69, 9.17) is 10.5 Å². The maximum absolute atomic E-state index is 12.5. The van der Waals surface area contributed by atoms with E-state index in [1.807, 2.05) is 0 Å². The van der Waals surface area contributed by atoms with Gasteiger partial charge < -0.3 is 25.6 Å². The van der Waals surface area contributed by atoms with Crippen LogP contribution in [0.1, 0.15) is 87.9 Å². The highest BCUT2D eigenvalue weighted by Crippen LogP contribution is 2.22. The number of para-hydroxylation sites is 1. The summed E-state index contributed by atoms with van der Waals surface area (Å²) in [6.07, 6.45) is 10.3. The number of aliphatic hydroxyl groups is 1. The molecule has 0 aromatic heterocycles. The lowest BCUT2D eigenvalue weighted by Crippen LogP contribution is -2.46. The Morgan fingerprint density at radius 2 is 1.71 bits per heavy atom. The molecule has 0 saturated heterocycles. The molecule has 1 aromatic carbocycles. The third-order valence-electron chi connectivity index (χ3n) is 6.11. The number of benzene rings is 1. The number of phenolic OH excluding ortho intramolecular Hbond substituents is 1. The normalized spacial score (nSPS) is 16.9. The van der Waals surface area contributed by atoms with E-state index in [1.165, 1.54) is 17.2 Å². The summed E-state index contributed by atoms with van der Waals surface area (Å²) >= 11 is 0. The first-order chi connectivity index (χ1) is 16.3. The summed E-state index contributed by atoms with van der Waals surface area (Å²) in [5.41, 5.74) is 5.48. The zero-order chi connectivity index (χ0) is 24.9. The van der Waals surface area contributed by atoms with Gasteiger partial charge >= 0.3 is 5.97 Å². The van der Waals surface area contributed by atoms with E-state index in [1.54, 1.807) is 24.3 Å². The highest BCUT2D eigenvalue weighted by atomic mass is 16.5. The van der Waals surface area contributed by atoms with Crippen molar-refractivity contribution in [1.29, 1.82) is 0 Å². The zero-order valence-corrected chi connectivity index (χ0v) is 20.0. The molecule has 34 heavy (non-hydrogen) atoms. The van der Waals surface area contributed by atoms with E-state index in [0.717, 1.165) is 44.9 Å². The number of carbonyl (C=O) groups excluding carboxylic acids is 3.